The molecule has 2 N–H and O–H groups in total. The Morgan fingerprint density at radius 2 is 2.07 bits per heavy atom. The first kappa shape index (κ1) is 17.3. The van der Waals surface area contributed by atoms with Gasteiger partial charge in [0.25, 0.3) is 11.8 Å². The van der Waals surface area contributed by atoms with Crippen LogP contribution in [0.3, 0.4) is 0 Å². The monoisotopic (exact) mass is 362 g/mol. The number of H-pyrrole nitrogens is 1. The number of nitrogens with zero attached hydrogens (tertiary/aromatic N) is 2. The Kier molecular flexibility index (Phi) is 4.39. The predicted molar refractivity (Wildman–Crippen MR) is 104 cm³/mol. The molecule has 3 heterocycles. The zero-order valence-corrected chi connectivity index (χ0v) is 15.5. The third kappa shape index (κ3) is 3.18. The number of hydrogen-bond donors (Lipinski definition) is 2. The van der Waals surface area contributed by atoms with Crippen molar-refractivity contribution in [3.8, 4) is 0 Å². The molecule has 1 aliphatic heterocycles. The lowest BCUT2D eigenvalue weighted by atomic mass is 9.94. The minimum absolute atomic E-state index is 0.0493. The van der Waals surface area contributed by atoms with Crippen molar-refractivity contribution in [3.63, 3.8) is 0 Å². The highest BCUT2D eigenvalue weighted by Crippen LogP contribution is 2.27. The SMILES string of the molecule is Cc1c(C(=O)N2CC(CNC(=O)c3ccc[nH]3)C2)cc(C)c2ncccc12. The number of aromatic nitrogens is 2. The molecule has 0 saturated carbocycles. The first-order chi connectivity index (χ1) is 13.0. The minimum Gasteiger partial charge on any atom is -0.357 e. The molecule has 27 heavy (non-hydrogen) atoms. The maximum absolute atomic E-state index is 12.9. The summed E-state index contributed by atoms with van der Waals surface area (Å²) in [4.78, 5) is 34.1. The van der Waals surface area contributed by atoms with Crippen molar-refractivity contribution in [3.05, 3.63) is 65.1 Å². The van der Waals surface area contributed by atoms with Crippen LogP contribution in [0.5, 0.6) is 0 Å². The summed E-state index contributed by atoms with van der Waals surface area (Å²) in [5, 5.41) is 3.94. The normalized spacial score (nSPS) is 14.2. The number of carbonyl (C=O) groups is 2. The molecule has 0 bridgehead atoms. The van der Waals surface area contributed by atoms with E-state index in [0.29, 0.717) is 25.3 Å². The molecule has 0 radical (unpaired) electrons. The van der Waals surface area contributed by atoms with E-state index >= 15 is 0 Å². The fraction of sp³-hybridized carbons (Fsp3) is 0.286. The number of aromatic amines is 1. The molecule has 0 aliphatic carbocycles. The smallest absolute Gasteiger partial charge is 0.267 e. The summed E-state index contributed by atoms with van der Waals surface area (Å²) in [6.45, 7) is 5.85. The number of rotatable bonds is 4. The van der Waals surface area contributed by atoms with E-state index < -0.39 is 0 Å². The van der Waals surface area contributed by atoms with Gasteiger partial charge >= 0.3 is 0 Å². The Morgan fingerprint density at radius 1 is 1.26 bits per heavy atom. The van der Waals surface area contributed by atoms with E-state index in [2.05, 4.69) is 15.3 Å². The number of fused-ring (bicyclic) bond motifs is 1. The molecule has 1 aliphatic rings. The number of carbonyl (C=O) groups excluding carboxylic acids is 2. The highest BCUT2D eigenvalue weighted by Gasteiger charge is 2.32. The van der Waals surface area contributed by atoms with Crippen LogP contribution in [0, 0.1) is 19.8 Å². The van der Waals surface area contributed by atoms with Crippen LogP contribution in [0.2, 0.25) is 0 Å². The molecular formula is C21H22N4O2. The van der Waals surface area contributed by atoms with E-state index in [1.165, 1.54) is 0 Å². The van der Waals surface area contributed by atoms with Gasteiger partial charge in [0, 0.05) is 48.9 Å². The van der Waals surface area contributed by atoms with E-state index in [4.69, 9.17) is 0 Å². The van der Waals surface area contributed by atoms with Crippen molar-refractivity contribution in [2.45, 2.75) is 13.8 Å². The van der Waals surface area contributed by atoms with Crippen LogP contribution in [0.4, 0.5) is 0 Å². The van der Waals surface area contributed by atoms with E-state index in [1.54, 1.807) is 24.5 Å². The lowest BCUT2D eigenvalue weighted by molar-refractivity contribution is 0.0497. The molecule has 1 aromatic carbocycles. The lowest BCUT2D eigenvalue weighted by Gasteiger charge is -2.39. The second-order valence-electron chi connectivity index (χ2n) is 7.14. The van der Waals surface area contributed by atoms with Crippen molar-refractivity contribution in [2.24, 2.45) is 5.92 Å². The van der Waals surface area contributed by atoms with Crippen molar-refractivity contribution in [1.82, 2.24) is 20.2 Å². The van der Waals surface area contributed by atoms with Gasteiger partial charge in [-0.15, -0.1) is 0 Å². The van der Waals surface area contributed by atoms with Crippen molar-refractivity contribution in [2.75, 3.05) is 19.6 Å². The molecule has 3 aromatic rings. The van der Waals surface area contributed by atoms with E-state index in [-0.39, 0.29) is 17.7 Å². The van der Waals surface area contributed by atoms with Gasteiger partial charge in [0.15, 0.2) is 0 Å². The molecule has 1 fully saturated rings. The zero-order valence-electron chi connectivity index (χ0n) is 15.5. The summed E-state index contributed by atoms with van der Waals surface area (Å²) >= 11 is 0. The molecule has 0 atom stereocenters. The van der Waals surface area contributed by atoms with Gasteiger partial charge in [-0.05, 0) is 49.2 Å². The number of hydrogen-bond acceptors (Lipinski definition) is 3. The Hall–Kier alpha value is -3.15. The first-order valence-electron chi connectivity index (χ1n) is 9.10. The Labute approximate surface area is 157 Å². The van der Waals surface area contributed by atoms with Crippen LogP contribution >= 0.6 is 0 Å². The van der Waals surface area contributed by atoms with Crippen LogP contribution in [-0.2, 0) is 0 Å². The van der Waals surface area contributed by atoms with E-state index in [1.807, 2.05) is 36.9 Å². The first-order valence-corrected chi connectivity index (χ1v) is 9.10. The molecule has 6 heteroatoms. The summed E-state index contributed by atoms with van der Waals surface area (Å²) in [7, 11) is 0. The van der Waals surface area contributed by atoms with E-state index in [0.717, 1.165) is 27.6 Å². The van der Waals surface area contributed by atoms with Crippen LogP contribution in [-0.4, -0.2) is 46.3 Å². The van der Waals surface area contributed by atoms with Crippen molar-refractivity contribution in [1.29, 1.82) is 0 Å². The Balaban J connectivity index is 1.40. The lowest BCUT2D eigenvalue weighted by Crippen LogP contribution is -2.53. The van der Waals surface area contributed by atoms with Gasteiger partial charge in [0.1, 0.15) is 5.69 Å². The topological polar surface area (TPSA) is 78.1 Å². The number of nitrogens with one attached hydrogen (secondary N) is 2. The van der Waals surface area contributed by atoms with Crippen LogP contribution in [0.15, 0.2) is 42.7 Å². The summed E-state index contributed by atoms with van der Waals surface area (Å²) in [6, 6.07) is 9.38. The maximum atomic E-state index is 12.9. The Bertz CT molecular complexity index is 1000. The maximum Gasteiger partial charge on any atom is 0.267 e. The van der Waals surface area contributed by atoms with Crippen LogP contribution < -0.4 is 5.32 Å². The third-order valence-electron chi connectivity index (χ3n) is 5.22. The molecular weight excluding hydrogens is 340 g/mol. The molecule has 0 spiro atoms. The molecule has 2 aromatic heterocycles. The summed E-state index contributed by atoms with van der Waals surface area (Å²) in [5.74, 6) is 0.225. The zero-order chi connectivity index (χ0) is 19.0. The van der Waals surface area contributed by atoms with Gasteiger partial charge in [-0.3, -0.25) is 14.6 Å². The summed E-state index contributed by atoms with van der Waals surface area (Å²) < 4.78 is 0. The van der Waals surface area contributed by atoms with Gasteiger partial charge in [-0.1, -0.05) is 6.07 Å². The molecule has 0 unspecified atom stereocenters. The average molecular weight is 362 g/mol. The standard InChI is InChI=1S/C21H22N4O2/c1-13-9-17(14(2)16-5-3-8-23-19(13)16)21(27)25-11-15(12-25)10-24-20(26)18-6-4-7-22-18/h3-9,15,22H,10-12H2,1-2H3,(H,24,26). The number of benzene rings is 1. The van der Waals surface area contributed by atoms with Crippen LogP contribution in [0.1, 0.15) is 32.0 Å². The number of amides is 2. The van der Waals surface area contributed by atoms with Crippen molar-refractivity contribution >= 4 is 22.7 Å². The van der Waals surface area contributed by atoms with Gasteiger partial charge in [-0.25, -0.2) is 0 Å². The molecule has 6 nitrogen and oxygen atoms in total. The third-order valence-corrected chi connectivity index (χ3v) is 5.22. The molecule has 2 amide bonds. The molecule has 1 saturated heterocycles. The van der Waals surface area contributed by atoms with Gasteiger partial charge < -0.3 is 15.2 Å². The number of likely N-dealkylation sites (tertiary alicyclic amines) is 1. The summed E-state index contributed by atoms with van der Waals surface area (Å²) in [5.41, 5.74) is 4.21. The second kappa shape index (κ2) is 6.87. The largest absolute Gasteiger partial charge is 0.357 e. The van der Waals surface area contributed by atoms with Gasteiger partial charge in [0.05, 0.1) is 5.52 Å². The van der Waals surface area contributed by atoms with Crippen LogP contribution in [0.25, 0.3) is 10.9 Å². The van der Waals surface area contributed by atoms with Gasteiger partial charge in [-0.2, -0.15) is 0 Å². The van der Waals surface area contributed by atoms with E-state index in [9.17, 15) is 9.59 Å². The summed E-state index contributed by atoms with van der Waals surface area (Å²) in [6.07, 6.45) is 3.50. The predicted octanol–water partition coefficient (Wildman–Crippen LogP) is 2.68. The van der Waals surface area contributed by atoms with Crippen molar-refractivity contribution < 1.29 is 9.59 Å². The molecule has 138 valence electrons. The average Bonchev–Trinajstić information content (AvgIpc) is 3.18. The van der Waals surface area contributed by atoms with Gasteiger partial charge in [0.2, 0.25) is 0 Å². The Morgan fingerprint density at radius 3 is 2.81 bits per heavy atom. The fourth-order valence-corrected chi connectivity index (χ4v) is 3.62. The number of aryl methyl sites for hydroxylation is 2. The highest BCUT2D eigenvalue weighted by atomic mass is 16.2. The highest BCUT2D eigenvalue weighted by molar-refractivity contribution is 6.02. The fourth-order valence-electron chi connectivity index (χ4n) is 3.62. The second-order valence-corrected chi connectivity index (χ2v) is 7.14. The quantitative estimate of drug-likeness (QED) is 0.749. The number of pyridine rings is 1. The molecule has 4 rings (SSSR count). The minimum atomic E-state index is -0.113.